The fourth-order valence-electron chi connectivity index (χ4n) is 1.96. The van der Waals surface area contributed by atoms with Gasteiger partial charge in [0.2, 0.25) is 0 Å². The van der Waals surface area contributed by atoms with Gasteiger partial charge in [-0.2, -0.15) is 0 Å². The van der Waals surface area contributed by atoms with Crippen molar-refractivity contribution in [1.82, 2.24) is 10.6 Å². The summed E-state index contributed by atoms with van der Waals surface area (Å²) in [6.07, 6.45) is 1.70. The Balaban J connectivity index is 0.00000625. The lowest BCUT2D eigenvalue weighted by Gasteiger charge is -2.20. The van der Waals surface area contributed by atoms with E-state index in [9.17, 15) is 4.79 Å². The first-order valence-electron chi connectivity index (χ1n) is 8.41. The van der Waals surface area contributed by atoms with Crippen molar-refractivity contribution in [1.29, 1.82) is 0 Å². The monoisotopic (exact) mass is 475 g/mol. The third-order valence-electron chi connectivity index (χ3n) is 2.90. The fourth-order valence-corrected chi connectivity index (χ4v) is 1.96. The van der Waals surface area contributed by atoms with E-state index in [1.807, 2.05) is 52.0 Å². The number of para-hydroxylation sites is 1. The largest absolute Gasteiger partial charge is 0.489 e. The zero-order chi connectivity index (χ0) is 18.7. The van der Waals surface area contributed by atoms with Crippen molar-refractivity contribution >= 4 is 35.9 Å². The third kappa shape index (κ3) is 10.3. The molecule has 1 rings (SSSR count). The minimum Gasteiger partial charge on any atom is -0.489 e. The Kier molecular flexibility index (Phi) is 11.7. The quantitative estimate of drug-likeness (QED) is 0.199. The van der Waals surface area contributed by atoms with E-state index < -0.39 is 5.60 Å². The summed E-state index contributed by atoms with van der Waals surface area (Å²) in [5.41, 5.74) is 0.453. The molecule has 0 saturated carbocycles. The molecule has 7 heteroatoms. The average molecular weight is 475 g/mol. The topological polar surface area (TPSA) is 72.0 Å². The summed E-state index contributed by atoms with van der Waals surface area (Å²) in [5, 5.41) is 6.09. The molecule has 26 heavy (non-hydrogen) atoms. The molecule has 0 fully saturated rings. The van der Waals surface area contributed by atoms with Gasteiger partial charge >= 0.3 is 5.97 Å². The Bertz CT molecular complexity index is 598. The van der Waals surface area contributed by atoms with Crippen molar-refractivity contribution in [3.8, 4) is 5.75 Å². The number of guanidine groups is 1. The van der Waals surface area contributed by atoms with Gasteiger partial charge in [-0.15, -0.1) is 24.0 Å². The van der Waals surface area contributed by atoms with E-state index in [2.05, 4.69) is 22.2 Å². The molecule has 1 aromatic carbocycles. The predicted molar refractivity (Wildman–Crippen MR) is 116 cm³/mol. The molecule has 146 valence electrons. The molecular formula is C19H30IN3O3. The zero-order valence-corrected chi connectivity index (χ0v) is 18.3. The second-order valence-corrected chi connectivity index (χ2v) is 6.34. The van der Waals surface area contributed by atoms with E-state index in [0.717, 1.165) is 11.3 Å². The van der Waals surface area contributed by atoms with Crippen molar-refractivity contribution in [3.63, 3.8) is 0 Å². The van der Waals surface area contributed by atoms with Crippen LogP contribution in [0.25, 0.3) is 0 Å². The van der Waals surface area contributed by atoms with Crippen LogP contribution in [0.15, 0.2) is 41.9 Å². The maximum atomic E-state index is 11.8. The van der Waals surface area contributed by atoms with Crippen molar-refractivity contribution in [2.45, 2.75) is 39.8 Å². The second kappa shape index (κ2) is 12.6. The van der Waals surface area contributed by atoms with E-state index in [0.29, 0.717) is 25.7 Å². The highest BCUT2D eigenvalue weighted by molar-refractivity contribution is 14.0. The van der Waals surface area contributed by atoms with E-state index in [1.165, 1.54) is 0 Å². The van der Waals surface area contributed by atoms with Gasteiger partial charge < -0.3 is 20.1 Å². The molecule has 0 heterocycles. The lowest BCUT2D eigenvalue weighted by molar-refractivity contribution is -0.153. The van der Waals surface area contributed by atoms with Gasteiger partial charge in [-0.05, 0) is 33.8 Å². The Labute approximate surface area is 173 Å². The maximum absolute atomic E-state index is 11.8. The molecule has 0 amide bonds. The number of carbonyl (C=O) groups excluding carboxylic acids is 1. The normalized spacial score (nSPS) is 11.2. The number of aliphatic imine (C=N–C) groups is 1. The van der Waals surface area contributed by atoms with Gasteiger partial charge in [0.25, 0.3) is 0 Å². The van der Waals surface area contributed by atoms with Gasteiger partial charge in [0.05, 0.1) is 6.54 Å². The fraction of sp³-hybridized carbons (Fsp3) is 0.474. The van der Waals surface area contributed by atoms with Gasteiger partial charge in [-0.1, -0.05) is 30.9 Å². The van der Waals surface area contributed by atoms with Crippen molar-refractivity contribution < 1.29 is 14.3 Å². The van der Waals surface area contributed by atoms with Gasteiger partial charge in [0.15, 0.2) is 5.96 Å². The van der Waals surface area contributed by atoms with Gasteiger partial charge in [-0.3, -0.25) is 4.79 Å². The summed E-state index contributed by atoms with van der Waals surface area (Å²) in [6, 6.07) is 7.71. The summed E-state index contributed by atoms with van der Waals surface area (Å²) in [6.45, 7) is 12.7. The second-order valence-electron chi connectivity index (χ2n) is 6.34. The van der Waals surface area contributed by atoms with Crippen LogP contribution >= 0.6 is 24.0 Å². The summed E-state index contributed by atoms with van der Waals surface area (Å²) >= 11 is 0. The van der Waals surface area contributed by atoms with Crippen molar-refractivity contribution in [3.05, 3.63) is 42.5 Å². The maximum Gasteiger partial charge on any atom is 0.325 e. The Hall–Kier alpha value is -1.77. The molecule has 2 N–H and O–H groups in total. The summed E-state index contributed by atoms with van der Waals surface area (Å²) < 4.78 is 10.9. The molecular weight excluding hydrogens is 445 g/mol. The lowest BCUT2D eigenvalue weighted by Crippen LogP contribution is -2.41. The summed E-state index contributed by atoms with van der Waals surface area (Å²) in [7, 11) is 0. The van der Waals surface area contributed by atoms with Crippen LogP contribution in [0, 0.1) is 0 Å². The molecule has 0 aliphatic rings. The van der Waals surface area contributed by atoms with Gasteiger partial charge in [0.1, 0.15) is 24.5 Å². The van der Waals surface area contributed by atoms with Crippen LogP contribution in [-0.2, 0) is 16.1 Å². The van der Waals surface area contributed by atoms with Crippen LogP contribution in [-0.4, -0.2) is 37.2 Å². The Morgan fingerprint density at radius 2 is 1.96 bits per heavy atom. The first kappa shape index (κ1) is 24.2. The molecule has 0 unspecified atom stereocenters. The summed E-state index contributed by atoms with van der Waals surface area (Å²) in [4.78, 5) is 16.3. The number of hydrogen-bond donors (Lipinski definition) is 2. The molecule has 0 aliphatic heterocycles. The lowest BCUT2D eigenvalue weighted by atomic mass is 10.2. The Morgan fingerprint density at radius 3 is 2.58 bits per heavy atom. The van der Waals surface area contributed by atoms with E-state index in [4.69, 9.17) is 9.47 Å². The number of halogens is 1. The zero-order valence-electron chi connectivity index (χ0n) is 16.0. The van der Waals surface area contributed by atoms with Crippen LogP contribution in [0.2, 0.25) is 0 Å². The Morgan fingerprint density at radius 1 is 1.27 bits per heavy atom. The molecule has 0 bridgehead atoms. The van der Waals surface area contributed by atoms with E-state index in [1.54, 1.807) is 6.08 Å². The molecule has 0 spiro atoms. The van der Waals surface area contributed by atoms with Gasteiger partial charge in [-0.25, -0.2) is 4.99 Å². The van der Waals surface area contributed by atoms with Crippen LogP contribution < -0.4 is 15.4 Å². The highest BCUT2D eigenvalue weighted by atomic mass is 127. The van der Waals surface area contributed by atoms with Crippen LogP contribution in [0.4, 0.5) is 0 Å². The highest BCUT2D eigenvalue weighted by Gasteiger charge is 2.16. The number of ether oxygens (including phenoxy) is 2. The first-order chi connectivity index (χ1) is 11.9. The third-order valence-corrected chi connectivity index (χ3v) is 2.90. The van der Waals surface area contributed by atoms with E-state index >= 15 is 0 Å². The number of nitrogens with zero attached hydrogens (tertiary/aromatic N) is 1. The van der Waals surface area contributed by atoms with Crippen molar-refractivity contribution in [2.24, 2.45) is 4.99 Å². The van der Waals surface area contributed by atoms with E-state index in [-0.39, 0.29) is 36.5 Å². The number of nitrogens with one attached hydrogen (secondary N) is 2. The minimum absolute atomic E-state index is 0. The first-order valence-corrected chi connectivity index (χ1v) is 8.41. The standard InChI is InChI=1S/C19H29N3O3.HI/c1-6-12-24-16-11-9-8-10-15(16)13-21-18(20-7-2)22-14-17(23)25-19(3,4)5;/h6,8-11H,1,7,12-14H2,2-5H3,(H2,20,21,22);1H. The van der Waals surface area contributed by atoms with Crippen molar-refractivity contribution in [2.75, 3.05) is 19.7 Å². The predicted octanol–water partition coefficient (Wildman–Crippen LogP) is 3.27. The number of benzene rings is 1. The molecule has 0 saturated heterocycles. The SMILES string of the molecule is C=CCOc1ccccc1CN=C(NCC)NCC(=O)OC(C)(C)C.I. The number of hydrogen-bond acceptors (Lipinski definition) is 4. The smallest absolute Gasteiger partial charge is 0.325 e. The van der Waals surface area contributed by atoms with Crippen LogP contribution in [0.5, 0.6) is 5.75 Å². The molecule has 0 aliphatic carbocycles. The minimum atomic E-state index is -0.504. The molecule has 0 atom stereocenters. The number of rotatable bonds is 8. The number of carbonyl (C=O) groups is 1. The molecule has 0 aromatic heterocycles. The molecule has 0 radical (unpaired) electrons. The van der Waals surface area contributed by atoms with Crippen LogP contribution in [0.1, 0.15) is 33.3 Å². The van der Waals surface area contributed by atoms with Crippen LogP contribution in [0.3, 0.4) is 0 Å². The highest BCUT2D eigenvalue weighted by Crippen LogP contribution is 2.18. The summed E-state index contributed by atoms with van der Waals surface area (Å²) in [5.74, 6) is 0.994. The molecule has 6 nitrogen and oxygen atoms in total. The number of esters is 1. The average Bonchev–Trinajstić information content (AvgIpc) is 2.54. The molecule has 1 aromatic rings. The van der Waals surface area contributed by atoms with Gasteiger partial charge in [0, 0.05) is 12.1 Å².